The summed E-state index contributed by atoms with van der Waals surface area (Å²) in [5.74, 6) is 2.72. The van der Waals surface area contributed by atoms with Crippen LogP contribution in [-0.2, 0) is 9.53 Å². The number of unbranched alkanes of at least 4 members (excludes halogenated alkanes) is 1. The molecule has 1 unspecified atom stereocenters. The summed E-state index contributed by atoms with van der Waals surface area (Å²) < 4.78 is 5.40. The predicted octanol–water partition coefficient (Wildman–Crippen LogP) is 0.690. The number of hydrogen-bond donors (Lipinski definition) is 0. The number of Topliss-reactive ketones (excluding diaryl/α,β-unsaturated/α-hetero) is 1. The van der Waals surface area contributed by atoms with Gasteiger partial charge in [-0.05, 0) is 13.5 Å². The van der Waals surface area contributed by atoms with Crippen LogP contribution in [0.3, 0.4) is 0 Å². The van der Waals surface area contributed by atoms with E-state index in [0.29, 0.717) is 19.4 Å². The SMILES string of the molecule is C#CCCCC(=O)C1CN(C)CCO1. The first-order valence-corrected chi connectivity index (χ1v) is 5.00. The molecule has 0 spiro atoms. The maximum Gasteiger partial charge on any atom is 0.162 e. The molecular formula is C11H17NO2. The van der Waals surface area contributed by atoms with Crippen molar-refractivity contribution >= 4 is 5.78 Å². The first-order valence-electron chi connectivity index (χ1n) is 5.00. The van der Waals surface area contributed by atoms with E-state index in [4.69, 9.17) is 11.2 Å². The summed E-state index contributed by atoms with van der Waals surface area (Å²) in [6.07, 6.45) is 6.88. The maximum absolute atomic E-state index is 11.6. The number of hydrogen-bond acceptors (Lipinski definition) is 3. The minimum absolute atomic E-state index is 0.187. The minimum Gasteiger partial charge on any atom is -0.368 e. The lowest BCUT2D eigenvalue weighted by molar-refractivity contribution is -0.135. The molecule has 78 valence electrons. The van der Waals surface area contributed by atoms with Crippen LogP contribution in [0.5, 0.6) is 0 Å². The van der Waals surface area contributed by atoms with Crippen molar-refractivity contribution in [1.29, 1.82) is 0 Å². The molecule has 1 saturated heterocycles. The molecule has 1 rings (SSSR count). The zero-order valence-electron chi connectivity index (χ0n) is 8.66. The van der Waals surface area contributed by atoms with Crippen LogP contribution in [-0.4, -0.2) is 43.5 Å². The summed E-state index contributed by atoms with van der Waals surface area (Å²) in [6.45, 7) is 2.28. The second-order valence-electron chi connectivity index (χ2n) is 3.65. The molecule has 3 nitrogen and oxygen atoms in total. The van der Waals surface area contributed by atoms with Crippen molar-refractivity contribution in [2.45, 2.75) is 25.4 Å². The highest BCUT2D eigenvalue weighted by Crippen LogP contribution is 2.08. The molecular weight excluding hydrogens is 178 g/mol. The molecule has 0 aromatic carbocycles. The third-order valence-electron chi connectivity index (χ3n) is 2.37. The summed E-state index contributed by atoms with van der Waals surface area (Å²) in [7, 11) is 2.00. The Labute approximate surface area is 85.4 Å². The van der Waals surface area contributed by atoms with Gasteiger partial charge in [0.05, 0.1) is 6.61 Å². The first kappa shape index (κ1) is 11.2. The molecule has 0 aromatic rings. The largest absolute Gasteiger partial charge is 0.368 e. The van der Waals surface area contributed by atoms with Gasteiger partial charge in [0.1, 0.15) is 6.10 Å². The Hall–Kier alpha value is -0.850. The first-order chi connectivity index (χ1) is 6.74. The van der Waals surface area contributed by atoms with Crippen molar-refractivity contribution in [2.24, 2.45) is 0 Å². The van der Waals surface area contributed by atoms with Crippen molar-refractivity contribution in [2.75, 3.05) is 26.7 Å². The van der Waals surface area contributed by atoms with Gasteiger partial charge in [-0.1, -0.05) is 0 Å². The highest BCUT2D eigenvalue weighted by molar-refractivity contribution is 5.83. The summed E-state index contributed by atoms with van der Waals surface area (Å²) in [5.41, 5.74) is 0. The van der Waals surface area contributed by atoms with E-state index in [1.807, 2.05) is 7.05 Å². The van der Waals surface area contributed by atoms with E-state index in [9.17, 15) is 4.79 Å². The van der Waals surface area contributed by atoms with Gasteiger partial charge < -0.3 is 9.64 Å². The molecule has 0 amide bonds. The molecule has 0 bridgehead atoms. The number of ether oxygens (including phenoxy) is 1. The fraction of sp³-hybridized carbons (Fsp3) is 0.727. The number of carbonyl (C=O) groups excluding carboxylic acids is 1. The lowest BCUT2D eigenvalue weighted by Crippen LogP contribution is -2.44. The standard InChI is InChI=1S/C11H17NO2/c1-3-4-5-6-10(13)11-9-12(2)7-8-14-11/h1,11H,4-9H2,2H3. The van der Waals surface area contributed by atoms with Gasteiger partial charge in [0.2, 0.25) is 0 Å². The number of likely N-dealkylation sites (N-methyl/N-ethyl adjacent to an activating group) is 1. The van der Waals surface area contributed by atoms with Gasteiger partial charge in [0.25, 0.3) is 0 Å². The topological polar surface area (TPSA) is 29.5 Å². The number of terminal acetylenes is 1. The van der Waals surface area contributed by atoms with Gasteiger partial charge in [0.15, 0.2) is 5.78 Å². The van der Waals surface area contributed by atoms with Crippen LogP contribution in [0.2, 0.25) is 0 Å². The molecule has 0 aromatic heterocycles. The molecule has 14 heavy (non-hydrogen) atoms. The van der Waals surface area contributed by atoms with Crippen molar-refractivity contribution in [1.82, 2.24) is 4.90 Å². The van der Waals surface area contributed by atoms with Gasteiger partial charge in [-0.3, -0.25) is 4.79 Å². The van der Waals surface area contributed by atoms with Crippen molar-refractivity contribution in [3.05, 3.63) is 0 Å². The molecule has 0 aliphatic carbocycles. The molecule has 3 heteroatoms. The highest BCUT2D eigenvalue weighted by atomic mass is 16.5. The molecule has 1 fully saturated rings. The summed E-state index contributed by atoms with van der Waals surface area (Å²) in [5, 5.41) is 0. The summed E-state index contributed by atoms with van der Waals surface area (Å²) >= 11 is 0. The van der Waals surface area contributed by atoms with Crippen LogP contribution < -0.4 is 0 Å². The molecule has 1 aliphatic rings. The third-order valence-corrected chi connectivity index (χ3v) is 2.37. The normalized spacial score (nSPS) is 23.0. The predicted molar refractivity (Wildman–Crippen MR) is 54.9 cm³/mol. The summed E-state index contributed by atoms with van der Waals surface area (Å²) in [6, 6.07) is 0. The lowest BCUT2D eigenvalue weighted by Gasteiger charge is -2.28. The zero-order valence-corrected chi connectivity index (χ0v) is 8.66. The average Bonchev–Trinajstić information content (AvgIpc) is 2.18. The Morgan fingerprint density at radius 2 is 2.50 bits per heavy atom. The Morgan fingerprint density at radius 1 is 1.71 bits per heavy atom. The van der Waals surface area contributed by atoms with Gasteiger partial charge >= 0.3 is 0 Å². The molecule has 0 N–H and O–H groups in total. The number of nitrogens with zero attached hydrogens (tertiary/aromatic N) is 1. The van der Waals surface area contributed by atoms with Crippen LogP contribution >= 0.6 is 0 Å². The fourth-order valence-electron chi connectivity index (χ4n) is 1.50. The van der Waals surface area contributed by atoms with Crippen LogP contribution in [0, 0.1) is 12.3 Å². The van der Waals surface area contributed by atoms with E-state index >= 15 is 0 Å². The minimum atomic E-state index is -0.230. The maximum atomic E-state index is 11.6. The Balaban J connectivity index is 2.26. The second kappa shape index (κ2) is 5.79. The van der Waals surface area contributed by atoms with E-state index < -0.39 is 0 Å². The number of morpholine rings is 1. The number of carbonyl (C=O) groups is 1. The van der Waals surface area contributed by atoms with E-state index in [1.54, 1.807) is 0 Å². The van der Waals surface area contributed by atoms with Crippen LogP contribution in [0.25, 0.3) is 0 Å². The third kappa shape index (κ3) is 3.49. The molecule has 0 radical (unpaired) electrons. The smallest absolute Gasteiger partial charge is 0.162 e. The zero-order chi connectivity index (χ0) is 10.4. The van der Waals surface area contributed by atoms with E-state index in [1.165, 1.54) is 0 Å². The lowest BCUT2D eigenvalue weighted by atomic mass is 10.1. The van der Waals surface area contributed by atoms with Crippen molar-refractivity contribution in [3.8, 4) is 12.3 Å². The van der Waals surface area contributed by atoms with E-state index in [2.05, 4.69) is 10.8 Å². The summed E-state index contributed by atoms with van der Waals surface area (Å²) in [4.78, 5) is 13.7. The van der Waals surface area contributed by atoms with Crippen molar-refractivity contribution < 1.29 is 9.53 Å². The average molecular weight is 195 g/mol. The van der Waals surface area contributed by atoms with Gasteiger partial charge in [-0.2, -0.15) is 0 Å². The molecule has 0 saturated carbocycles. The Kier molecular flexibility index (Phi) is 4.64. The molecule has 1 heterocycles. The Morgan fingerprint density at radius 3 is 3.14 bits per heavy atom. The fourth-order valence-corrected chi connectivity index (χ4v) is 1.50. The van der Waals surface area contributed by atoms with Gasteiger partial charge in [0, 0.05) is 25.9 Å². The Bertz CT molecular complexity index is 232. The van der Waals surface area contributed by atoms with E-state index in [0.717, 1.165) is 19.5 Å². The van der Waals surface area contributed by atoms with Crippen molar-refractivity contribution in [3.63, 3.8) is 0 Å². The van der Waals surface area contributed by atoms with Crippen LogP contribution in [0.15, 0.2) is 0 Å². The monoisotopic (exact) mass is 195 g/mol. The molecule has 1 aliphatic heterocycles. The quantitative estimate of drug-likeness (QED) is 0.488. The van der Waals surface area contributed by atoms with E-state index in [-0.39, 0.29) is 11.9 Å². The van der Waals surface area contributed by atoms with Gasteiger partial charge in [-0.15, -0.1) is 12.3 Å². The van der Waals surface area contributed by atoms with Crippen LogP contribution in [0.4, 0.5) is 0 Å². The van der Waals surface area contributed by atoms with Crippen LogP contribution in [0.1, 0.15) is 19.3 Å². The number of rotatable bonds is 4. The van der Waals surface area contributed by atoms with Gasteiger partial charge in [-0.25, -0.2) is 0 Å². The molecule has 1 atom stereocenters. The highest BCUT2D eigenvalue weighted by Gasteiger charge is 2.23. The number of ketones is 1. The second-order valence-corrected chi connectivity index (χ2v) is 3.65.